The Balaban J connectivity index is 1.24. The second-order valence-corrected chi connectivity index (χ2v) is 8.97. The lowest BCUT2D eigenvalue weighted by Crippen LogP contribution is -2.35. The minimum absolute atomic E-state index is 0.0594. The van der Waals surface area contributed by atoms with E-state index in [1.165, 1.54) is 36.8 Å². The summed E-state index contributed by atoms with van der Waals surface area (Å²) >= 11 is 1.61. The molecule has 2 heterocycles. The lowest BCUT2D eigenvalue weighted by Gasteiger charge is -2.26. The third kappa shape index (κ3) is 6.24. The summed E-state index contributed by atoms with van der Waals surface area (Å²) in [4.78, 5) is 19.4. The highest BCUT2D eigenvalue weighted by atomic mass is 32.1. The smallest absolute Gasteiger partial charge is 0.226 e. The van der Waals surface area contributed by atoms with Crippen LogP contribution >= 0.6 is 11.3 Å². The Morgan fingerprint density at radius 3 is 2.77 bits per heavy atom. The number of amides is 1. The highest BCUT2D eigenvalue weighted by molar-refractivity contribution is 7.13. The summed E-state index contributed by atoms with van der Waals surface area (Å²) in [6, 6.07) is 8.63. The number of carbonyl (C=O) groups excluding carboxylic acids is 1. The van der Waals surface area contributed by atoms with Crippen molar-refractivity contribution in [3.63, 3.8) is 0 Å². The first kappa shape index (κ1) is 21.2. The van der Waals surface area contributed by atoms with Crippen molar-refractivity contribution in [1.82, 2.24) is 15.2 Å². The lowest BCUT2D eigenvalue weighted by molar-refractivity contribution is -0.120. The van der Waals surface area contributed by atoms with Gasteiger partial charge in [0, 0.05) is 37.1 Å². The minimum atomic E-state index is 0.0594. The fraction of sp³-hybridized carbons (Fsp3) is 0.500. The van der Waals surface area contributed by atoms with Crippen LogP contribution in [0.25, 0.3) is 10.6 Å². The van der Waals surface area contributed by atoms with Crippen LogP contribution in [0.1, 0.15) is 43.4 Å². The first-order valence-corrected chi connectivity index (χ1v) is 11.9. The van der Waals surface area contributed by atoms with Gasteiger partial charge in [0.2, 0.25) is 5.91 Å². The van der Waals surface area contributed by atoms with Gasteiger partial charge in [-0.15, -0.1) is 11.3 Å². The fourth-order valence-electron chi connectivity index (χ4n) is 4.01. The molecule has 1 aliphatic carbocycles. The van der Waals surface area contributed by atoms with E-state index >= 15 is 0 Å². The lowest BCUT2D eigenvalue weighted by atomic mass is 9.97. The number of benzene rings is 1. The predicted molar refractivity (Wildman–Crippen MR) is 122 cm³/mol. The van der Waals surface area contributed by atoms with Crippen molar-refractivity contribution in [2.45, 2.75) is 45.1 Å². The van der Waals surface area contributed by atoms with Gasteiger partial charge in [0.25, 0.3) is 0 Å². The summed E-state index contributed by atoms with van der Waals surface area (Å²) in [7, 11) is 0. The molecule has 0 spiro atoms. The van der Waals surface area contributed by atoms with E-state index in [9.17, 15) is 4.79 Å². The van der Waals surface area contributed by atoms with Crippen LogP contribution in [0.15, 0.2) is 41.3 Å². The molecule has 1 aliphatic heterocycles. The molecule has 5 nitrogen and oxygen atoms in total. The van der Waals surface area contributed by atoms with Gasteiger partial charge in [-0.3, -0.25) is 9.69 Å². The Bertz CT molecular complexity index is 854. The van der Waals surface area contributed by atoms with E-state index in [1.54, 1.807) is 11.3 Å². The maximum atomic E-state index is 12.3. The van der Waals surface area contributed by atoms with E-state index < -0.39 is 0 Å². The molecule has 1 N–H and O–H groups in total. The minimum Gasteiger partial charge on any atom is -0.379 e. The highest BCUT2D eigenvalue weighted by Gasteiger charge is 2.12. The zero-order valence-corrected chi connectivity index (χ0v) is 18.4. The van der Waals surface area contributed by atoms with Crippen molar-refractivity contribution in [2.75, 3.05) is 32.8 Å². The predicted octanol–water partition coefficient (Wildman–Crippen LogP) is 4.19. The molecule has 1 saturated heterocycles. The second-order valence-electron chi connectivity index (χ2n) is 8.11. The maximum Gasteiger partial charge on any atom is 0.226 e. The number of ether oxygens (including phenoxy) is 1. The van der Waals surface area contributed by atoms with E-state index in [2.05, 4.69) is 45.5 Å². The molecule has 0 saturated carbocycles. The van der Waals surface area contributed by atoms with E-state index in [0.717, 1.165) is 62.1 Å². The first-order chi connectivity index (χ1) is 14.8. The summed E-state index contributed by atoms with van der Waals surface area (Å²) in [5.74, 6) is 0.0594. The van der Waals surface area contributed by atoms with Gasteiger partial charge < -0.3 is 10.1 Å². The average molecular weight is 426 g/mol. The number of nitrogens with zero attached hydrogens (tertiary/aromatic N) is 2. The monoisotopic (exact) mass is 425 g/mol. The molecular formula is C24H31N3O2S. The molecule has 2 aliphatic rings. The normalized spacial score (nSPS) is 17.5. The van der Waals surface area contributed by atoms with Crippen molar-refractivity contribution < 1.29 is 9.53 Å². The Hall–Kier alpha value is -2.02. The molecule has 1 fully saturated rings. The van der Waals surface area contributed by atoms with Gasteiger partial charge in [0.05, 0.1) is 25.3 Å². The number of morpholine rings is 1. The molecule has 0 unspecified atom stereocenters. The zero-order valence-electron chi connectivity index (χ0n) is 17.6. The number of hydrogen-bond acceptors (Lipinski definition) is 5. The highest BCUT2D eigenvalue weighted by Crippen LogP contribution is 2.25. The molecule has 1 amide bonds. The van der Waals surface area contributed by atoms with Crippen LogP contribution in [0.3, 0.4) is 0 Å². The largest absolute Gasteiger partial charge is 0.379 e. The number of aromatic nitrogens is 1. The van der Waals surface area contributed by atoms with E-state index in [1.807, 2.05) is 5.38 Å². The number of carbonyl (C=O) groups is 1. The Morgan fingerprint density at radius 2 is 2.00 bits per heavy atom. The molecule has 30 heavy (non-hydrogen) atoms. The molecule has 0 bridgehead atoms. The molecule has 1 aromatic carbocycles. The molecular weight excluding hydrogens is 394 g/mol. The zero-order chi connectivity index (χ0) is 20.6. The van der Waals surface area contributed by atoms with Gasteiger partial charge in [0.1, 0.15) is 5.01 Å². The average Bonchev–Trinajstić information content (AvgIpc) is 3.24. The molecule has 4 rings (SSSR count). The number of rotatable bonds is 8. The molecule has 0 radical (unpaired) electrons. The molecule has 6 heteroatoms. The number of thiazole rings is 1. The Kier molecular flexibility index (Phi) is 7.67. The van der Waals surface area contributed by atoms with Crippen LogP contribution in [0.5, 0.6) is 0 Å². The molecule has 0 atom stereocenters. The third-order valence-electron chi connectivity index (χ3n) is 5.76. The van der Waals surface area contributed by atoms with Crippen molar-refractivity contribution >= 4 is 17.2 Å². The van der Waals surface area contributed by atoms with Crippen LogP contribution in [-0.4, -0.2) is 48.6 Å². The number of hydrogen-bond donors (Lipinski definition) is 1. The summed E-state index contributed by atoms with van der Waals surface area (Å²) in [5.41, 5.74) is 4.77. The van der Waals surface area contributed by atoms with Gasteiger partial charge in [0.15, 0.2) is 0 Å². The van der Waals surface area contributed by atoms with Gasteiger partial charge in [-0.1, -0.05) is 35.9 Å². The van der Waals surface area contributed by atoms with Crippen molar-refractivity contribution in [2.24, 2.45) is 0 Å². The van der Waals surface area contributed by atoms with Crippen LogP contribution < -0.4 is 5.32 Å². The maximum absolute atomic E-state index is 12.3. The van der Waals surface area contributed by atoms with Crippen LogP contribution in [0.4, 0.5) is 0 Å². The number of allylic oxidation sites excluding steroid dienone is 1. The van der Waals surface area contributed by atoms with E-state index in [-0.39, 0.29) is 5.91 Å². The Morgan fingerprint density at radius 1 is 1.17 bits per heavy atom. The fourth-order valence-corrected chi connectivity index (χ4v) is 4.84. The van der Waals surface area contributed by atoms with Gasteiger partial charge in [-0.05, 0) is 37.7 Å². The topological polar surface area (TPSA) is 54.5 Å². The van der Waals surface area contributed by atoms with E-state index in [4.69, 9.17) is 4.74 Å². The van der Waals surface area contributed by atoms with Crippen LogP contribution in [-0.2, 0) is 22.5 Å². The van der Waals surface area contributed by atoms with Gasteiger partial charge >= 0.3 is 0 Å². The summed E-state index contributed by atoms with van der Waals surface area (Å²) in [5, 5.41) is 6.02. The summed E-state index contributed by atoms with van der Waals surface area (Å²) in [6.07, 6.45) is 8.65. The van der Waals surface area contributed by atoms with E-state index in [0.29, 0.717) is 6.42 Å². The standard InChI is InChI=1S/C24H31N3O2S/c28-23(25-11-10-19-4-2-1-3-5-19)16-22-18-30-24(26-22)21-8-6-20(7-9-21)17-27-12-14-29-15-13-27/h4,6-9,18H,1-3,5,10-17H2,(H,25,28). The van der Waals surface area contributed by atoms with Crippen LogP contribution in [0.2, 0.25) is 0 Å². The van der Waals surface area contributed by atoms with Crippen molar-refractivity contribution in [1.29, 1.82) is 0 Å². The van der Waals surface area contributed by atoms with Crippen molar-refractivity contribution in [3.05, 3.63) is 52.6 Å². The molecule has 1 aromatic heterocycles. The third-order valence-corrected chi connectivity index (χ3v) is 6.70. The summed E-state index contributed by atoms with van der Waals surface area (Å²) in [6.45, 7) is 5.33. The quantitative estimate of drug-likeness (QED) is 0.645. The van der Waals surface area contributed by atoms with Gasteiger partial charge in [-0.2, -0.15) is 0 Å². The first-order valence-electron chi connectivity index (χ1n) is 11.0. The SMILES string of the molecule is O=C(Cc1csc(-c2ccc(CN3CCOCC3)cc2)n1)NCCC1=CCCCC1. The molecule has 160 valence electrons. The van der Waals surface area contributed by atoms with Gasteiger partial charge in [-0.25, -0.2) is 4.98 Å². The van der Waals surface area contributed by atoms with Crippen molar-refractivity contribution in [3.8, 4) is 10.6 Å². The van der Waals surface area contributed by atoms with Crippen LogP contribution in [0, 0.1) is 0 Å². The summed E-state index contributed by atoms with van der Waals surface area (Å²) < 4.78 is 5.41. The molecule has 2 aromatic rings. The second kappa shape index (κ2) is 10.8. The number of nitrogens with one attached hydrogen (secondary N) is 1. The Labute approximate surface area is 183 Å².